The summed E-state index contributed by atoms with van der Waals surface area (Å²) in [7, 11) is 0. The van der Waals surface area contributed by atoms with Gasteiger partial charge in [0.15, 0.2) is 0 Å². The Morgan fingerprint density at radius 1 is 1.11 bits per heavy atom. The zero-order chi connectivity index (χ0) is 14.4. The lowest BCUT2D eigenvalue weighted by Gasteiger charge is -2.39. The first-order valence-corrected chi connectivity index (χ1v) is 7.69. The molecule has 0 bridgehead atoms. The van der Waals surface area contributed by atoms with Crippen LogP contribution < -0.4 is 5.32 Å². The molecule has 1 rings (SSSR count). The molecule has 0 saturated carbocycles. The second kappa shape index (κ2) is 7.85. The van der Waals surface area contributed by atoms with Gasteiger partial charge in [-0.2, -0.15) is 0 Å². The van der Waals surface area contributed by atoms with E-state index in [4.69, 9.17) is 0 Å². The zero-order valence-electron chi connectivity index (χ0n) is 13.3. The highest BCUT2D eigenvalue weighted by Gasteiger charge is 2.23. The summed E-state index contributed by atoms with van der Waals surface area (Å²) in [5, 5.41) is 3.15. The van der Waals surface area contributed by atoms with E-state index in [1.165, 1.54) is 0 Å². The average molecular weight is 269 g/mol. The molecule has 1 atom stereocenters. The van der Waals surface area contributed by atoms with E-state index in [0.29, 0.717) is 18.4 Å². The van der Waals surface area contributed by atoms with Crippen molar-refractivity contribution in [2.75, 3.05) is 32.7 Å². The molecule has 1 aliphatic heterocycles. The summed E-state index contributed by atoms with van der Waals surface area (Å²) >= 11 is 0. The third-order valence-corrected chi connectivity index (χ3v) is 4.06. The fraction of sp³-hybridized carbons (Fsp3) is 0.933. The number of rotatable bonds is 6. The fourth-order valence-electron chi connectivity index (χ4n) is 2.47. The van der Waals surface area contributed by atoms with E-state index in [1.807, 2.05) is 6.92 Å². The van der Waals surface area contributed by atoms with Crippen LogP contribution in [0.25, 0.3) is 0 Å². The molecule has 4 nitrogen and oxygen atoms in total. The van der Waals surface area contributed by atoms with E-state index in [1.54, 1.807) is 0 Å². The summed E-state index contributed by atoms with van der Waals surface area (Å²) in [5.74, 6) is 0.651. The molecule has 112 valence electrons. The van der Waals surface area contributed by atoms with Gasteiger partial charge in [-0.1, -0.05) is 20.8 Å². The number of nitrogens with one attached hydrogen (secondary N) is 1. The van der Waals surface area contributed by atoms with Crippen LogP contribution in [0.4, 0.5) is 0 Å². The van der Waals surface area contributed by atoms with Gasteiger partial charge in [-0.3, -0.25) is 14.6 Å². The lowest BCUT2D eigenvalue weighted by atomic mass is 10.0. The van der Waals surface area contributed by atoms with E-state index in [-0.39, 0.29) is 11.9 Å². The van der Waals surface area contributed by atoms with Crippen molar-refractivity contribution < 1.29 is 4.79 Å². The van der Waals surface area contributed by atoms with Gasteiger partial charge in [0.1, 0.15) is 0 Å². The van der Waals surface area contributed by atoms with Crippen LogP contribution in [0.3, 0.4) is 0 Å². The topological polar surface area (TPSA) is 35.6 Å². The van der Waals surface area contributed by atoms with Crippen molar-refractivity contribution in [2.24, 2.45) is 5.92 Å². The highest BCUT2D eigenvalue weighted by molar-refractivity contribution is 5.75. The van der Waals surface area contributed by atoms with Gasteiger partial charge < -0.3 is 5.32 Å². The van der Waals surface area contributed by atoms with Gasteiger partial charge in [-0.25, -0.2) is 0 Å². The number of carbonyl (C=O) groups is 1. The van der Waals surface area contributed by atoms with Gasteiger partial charge in [-0.15, -0.1) is 0 Å². The van der Waals surface area contributed by atoms with Crippen LogP contribution in [0, 0.1) is 5.92 Å². The number of amides is 1. The number of carbonyl (C=O) groups excluding carboxylic acids is 1. The molecular weight excluding hydrogens is 238 g/mol. The minimum Gasteiger partial charge on any atom is -0.352 e. The molecule has 1 saturated heterocycles. The Balaban J connectivity index is 2.41. The van der Waals surface area contributed by atoms with Crippen LogP contribution in [0.15, 0.2) is 0 Å². The molecule has 0 aromatic rings. The molecule has 1 fully saturated rings. The second-order valence-corrected chi connectivity index (χ2v) is 6.20. The van der Waals surface area contributed by atoms with Crippen LogP contribution in [-0.4, -0.2) is 60.5 Å². The van der Waals surface area contributed by atoms with E-state index < -0.39 is 0 Å². The minimum absolute atomic E-state index is 0.166. The standard InChI is InChI=1S/C15H31N3O/c1-6-15(19)16-14(12(2)3)11-17-7-9-18(10-8-17)13(4)5/h12-14H,6-11H2,1-5H3,(H,16,19). The van der Waals surface area contributed by atoms with E-state index >= 15 is 0 Å². The molecule has 1 unspecified atom stereocenters. The molecule has 1 amide bonds. The summed E-state index contributed by atoms with van der Waals surface area (Å²) in [6, 6.07) is 0.917. The van der Waals surface area contributed by atoms with E-state index in [9.17, 15) is 4.79 Å². The molecular formula is C15H31N3O. The Bertz CT molecular complexity index is 271. The van der Waals surface area contributed by atoms with Gasteiger partial charge in [0.2, 0.25) is 5.91 Å². The molecule has 0 aromatic heterocycles. The largest absolute Gasteiger partial charge is 0.352 e. The quantitative estimate of drug-likeness (QED) is 0.795. The molecule has 0 aliphatic carbocycles. The number of hydrogen-bond donors (Lipinski definition) is 1. The van der Waals surface area contributed by atoms with Crippen LogP contribution in [0.1, 0.15) is 41.0 Å². The summed E-state index contributed by atoms with van der Waals surface area (Å²) in [6.07, 6.45) is 0.574. The zero-order valence-corrected chi connectivity index (χ0v) is 13.3. The van der Waals surface area contributed by atoms with Crippen LogP contribution in [-0.2, 0) is 4.79 Å². The summed E-state index contributed by atoms with van der Waals surface area (Å²) < 4.78 is 0. The Labute approximate surface area is 118 Å². The molecule has 0 aromatic carbocycles. The van der Waals surface area contributed by atoms with Crippen molar-refractivity contribution in [3.63, 3.8) is 0 Å². The molecule has 4 heteroatoms. The highest BCUT2D eigenvalue weighted by Crippen LogP contribution is 2.09. The third kappa shape index (κ3) is 5.49. The SMILES string of the molecule is CCC(=O)NC(CN1CCN(C(C)C)CC1)C(C)C. The Morgan fingerprint density at radius 3 is 2.11 bits per heavy atom. The normalized spacial score (nSPS) is 19.9. The average Bonchev–Trinajstić information content (AvgIpc) is 2.38. The Morgan fingerprint density at radius 2 is 1.68 bits per heavy atom. The third-order valence-electron chi connectivity index (χ3n) is 4.06. The predicted octanol–water partition coefficient (Wildman–Crippen LogP) is 1.56. The van der Waals surface area contributed by atoms with E-state index in [2.05, 4.69) is 42.8 Å². The van der Waals surface area contributed by atoms with Gasteiger partial charge in [0, 0.05) is 51.2 Å². The van der Waals surface area contributed by atoms with Gasteiger partial charge in [-0.05, 0) is 19.8 Å². The molecule has 1 heterocycles. The molecule has 0 spiro atoms. The monoisotopic (exact) mass is 269 g/mol. The summed E-state index contributed by atoms with van der Waals surface area (Å²) in [4.78, 5) is 16.6. The molecule has 0 radical (unpaired) electrons. The van der Waals surface area contributed by atoms with Gasteiger partial charge in [0.05, 0.1) is 0 Å². The first-order valence-electron chi connectivity index (χ1n) is 7.69. The fourth-order valence-corrected chi connectivity index (χ4v) is 2.47. The predicted molar refractivity (Wildman–Crippen MR) is 80.2 cm³/mol. The van der Waals surface area contributed by atoms with Crippen LogP contribution in [0.2, 0.25) is 0 Å². The Hall–Kier alpha value is -0.610. The van der Waals surface area contributed by atoms with Gasteiger partial charge >= 0.3 is 0 Å². The molecule has 1 aliphatic rings. The maximum absolute atomic E-state index is 11.6. The van der Waals surface area contributed by atoms with Gasteiger partial charge in [0.25, 0.3) is 0 Å². The van der Waals surface area contributed by atoms with Crippen LogP contribution >= 0.6 is 0 Å². The lowest BCUT2D eigenvalue weighted by molar-refractivity contribution is -0.122. The van der Waals surface area contributed by atoms with Crippen LogP contribution in [0.5, 0.6) is 0 Å². The minimum atomic E-state index is 0.166. The van der Waals surface area contributed by atoms with Crippen molar-refractivity contribution >= 4 is 5.91 Å². The van der Waals surface area contributed by atoms with Crippen molar-refractivity contribution in [1.29, 1.82) is 0 Å². The van der Waals surface area contributed by atoms with Crippen molar-refractivity contribution in [3.05, 3.63) is 0 Å². The number of nitrogens with zero attached hydrogens (tertiary/aromatic N) is 2. The first kappa shape index (κ1) is 16.4. The first-order chi connectivity index (χ1) is 8.93. The smallest absolute Gasteiger partial charge is 0.219 e. The lowest BCUT2D eigenvalue weighted by Crippen LogP contribution is -2.53. The second-order valence-electron chi connectivity index (χ2n) is 6.20. The maximum Gasteiger partial charge on any atom is 0.219 e. The van der Waals surface area contributed by atoms with Crippen molar-refractivity contribution in [2.45, 2.75) is 53.1 Å². The number of hydrogen-bond acceptors (Lipinski definition) is 3. The number of piperazine rings is 1. The van der Waals surface area contributed by atoms with E-state index in [0.717, 1.165) is 32.7 Å². The highest BCUT2D eigenvalue weighted by atomic mass is 16.1. The summed E-state index contributed by atoms with van der Waals surface area (Å²) in [5.41, 5.74) is 0. The van der Waals surface area contributed by atoms with Crippen molar-refractivity contribution in [3.8, 4) is 0 Å². The summed E-state index contributed by atoms with van der Waals surface area (Å²) in [6.45, 7) is 16.3. The molecule has 19 heavy (non-hydrogen) atoms. The molecule has 1 N–H and O–H groups in total. The Kier molecular flexibility index (Phi) is 6.80. The van der Waals surface area contributed by atoms with Crippen molar-refractivity contribution in [1.82, 2.24) is 15.1 Å². The maximum atomic E-state index is 11.6.